The van der Waals surface area contributed by atoms with Crippen LogP contribution in [-0.4, -0.2) is 11.5 Å². The Morgan fingerprint density at radius 1 is 1.10 bits per heavy atom. The number of aromatic nitrogens is 1. The van der Waals surface area contributed by atoms with E-state index in [0.29, 0.717) is 12.1 Å². The Hall–Kier alpha value is -2.17. The second-order valence-electron chi connectivity index (χ2n) is 4.45. The van der Waals surface area contributed by atoms with E-state index in [2.05, 4.69) is 22.5 Å². The minimum absolute atomic E-state index is 0.295. The molecule has 2 N–H and O–H groups in total. The fraction of sp³-hybridized carbons (Fsp3) is 0.267. The molecule has 2 aromatic rings. The molecular formula is C15H17F2N3. The van der Waals surface area contributed by atoms with E-state index in [1.807, 2.05) is 6.07 Å². The predicted molar refractivity (Wildman–Crippen MR) is 76.7 cm³/mol. The van der Waals surface area contributed by atoms with Crippen molar-refractivity contribution in [2.75, 3.05) is 17.2 Å². The van der Waals surface area contributed by atoms with Crippen molar-refractivity contribution in [2.24, 2.45) is 0 Å². The summed E-state index contributed by atoms with van der Waals surface area (Å²) < 4.78 is 26.3. The van der Waals surface area contributed by atoms with Gasteiger partial charge in [0.05, 0.1) is 0 Å². The van der Waals surface area contributed by atoms with Crippen LogP contribution in [-0.2, 0) is 6.54 Å². The Morgan fingerprint density at radius 3 is 2.70 bits per heavy atom. The van der Waals surface area contributed by atoms with Crippen LogP contribution in [0.25, 0.3) is 0 Å². The van der Waals surface area contributed by atoms with Crippen LogP contribution < -0.4 is 10.6 Å². The first kappa shape index (κ1) is 14.2. The largest absolute Gasteiger partial charge is 0.381 e. The Kier molecular flexibility index (Phi) is 4.87. The maximum Gasteiger partial charge on any atom is 0.131 e. The van der Waals surface area contributed by atoms with Gasteiger partial charge in [-0.3, -0.25) is 0 Å². The summed E-state index contributed by atoms with van der Waals surface area (Å²) in [6.07, 6.45) is 2.70. The van der Waals surface area contributed by atoms with E-state index in [1.54, 1.807) is 12.3 Å². The van der Waals surface area contributed by atoms with E-state index in [-0.39, 0.29) is 0 Å². The van der Waals surface area contributed by atoms with E-state index in [4.69, 9.17) is 0 Å². The molecule has 1 aromatic heterocycles. The molecule has 106 valence electrons. The first-order valence-electron chi connectivity index (χ1n) is 6.56. The summed E-state index contributed by atoms with van der Waals surface area (Å²) in [5.74, 6) is -0.339. The number of nitrogens with zero attached hydrogens (tertiary/aromatic N) is 1. The highest BCUT2D eigenvalue weighted by Gasteiger charge is 2.04. The summed E-state index contributed by atoms with van der Waals surface area (Å²) in [6.45, 7) is 3.22. The number of pyridine rings is 1. The van der Waals surface area contributed by atoms with E-state index in [1.165, 1.54) is 12.1 Å². The summed E-state index contributed by atoms with van der Waals surface area (Å²) in [6, 6.07) is 7.24. The van der Waals surface area contributed by atoms with Gasteiger partial charge >= 0.3 is 0 Å². The molecule has 0 saturated heterocycles. The zero-order valence-electron chi connectivity index (χ0n) is 11.3. The lowest BCUT2D eigenvalue weighted by Gasteiger charge is -2.09. The number of nitrogens with one attached hydrogen (secondary N) is 2. The number of hydrogen-bond acceptors (Lipinski definition) is 3. The van der Waals surface area contributed by atoms with Gasteiger partial charge in [-0.2, -0.15) is 0 Å². The van der Waals surface area contributed by atoms with Gasteiger partial charge in [-0.15, -0.1) is 0 Å². The molecule has 1 aromatic carbocycles. The fourth-order valence-electron chi connectivity index (χ4n) is 1.75. The molecule has 0 bridgehead atoms. The maximum atomic E-state index is 13.5. The highest BCUT2D eigenvalue weighted by atomic mass is 19.1. The van der Waals surface area contributed by atoms with Gasteiger partial charge < -0.3 is 10.6 Å². The third-order valence-corrected chi connectivity index (χ3v) is 2.81. The standard InChI is InChI=1S/C15H17F2N3/c1-2-6-18-15-9-13(5-7-19-15)20-10-11-3-4-12(16)8-14(11)17/h3-5,7-9H,2,6,10H2,1H3,(H2,18,19,20). The molecule has 0 radical (unpaired) electrons. The first-order valence-corrected chi connectivity index (χ1v) is 6.56. The Labute approximate surface area is 117 Å². The van der Waals surface area contributed by atoms with Gasteiger partial charge in [0.1, 0.15) is 17.5 Å². The van der Waals surface area contributed by atoms with Crippen molar-refractivity contribution >= 4 is 11.5 Å². The number of halogens is 2. The molecule has 0 amide bonds. The summed E-state index contributed by atoms with van der Waals surface area (Å²) in [4.78, 5) is 4.19. The zero-order chi connectivity index (χ0) is 14.4. The van der Waals surface area contributed by atoms with Crippen LogP contribution >= 0.6 is 0 Å². The van der Waals surface area contributed by atoms with Crippen LogP contribution in [0.4, 0.5) is 20.3 Å². The lowest BCUT2D eigenvalue weighted by Crippen LogP contribution is -2.05. The molecule has 1 heterocycles. The van der Waals surface area contributed by atoms with Gasteiger partial charge in [-0.25, -0.2) is 13.8 Å². The van der Waals surface area contributed by atoms with Crippen molar-refractivity contribution in [1.29, 1.82) is 0 Å². The van der Waals surface area contributed by atoms with E-state index in [0.717, 1.165) is 30.5 Å². The molecule has 20 heavy (non-hydrogen) atoms. The van der Waals surface area contributed by atoms with E-state index in [9.17, 15) is 8.78 Å². The van der Waals surface area contributed by atoms with Gasteiger partial charge in [0.15, 0.2) is 0 Å². The lowest BCUT2D eigenvalue weighted by atomic mass is 10.2. The van der Waals surface area contributed by atoms with Gasteiger partial charge in [-0.1, -0.05) is 13.0 Å². The number of benzene rings is 1. The molecule has 0 atom stereocenters. The van der Waals surface area contributed by atoms with Crippen molar-refractivity contribution in [3.05, 3.63) is 53.7 Å². The summed E-state index contributed by atoms with van der Waals surface area (Å²) >= 11 is 0. The average molecular weight is 277 g/mol. The zero-order valence-corrected chi connectivity index (χ0v) is 11.3. The summed E-state index contributed by atoms with van der Waals surface area (Å²) in [7, 11) is 0. The molecule has 5 heteroatoms. The van der Waals surface area contributed by atoms with Gasteiger partial charge in [0.2, 0.25) is 0 Å². The normalized spacial score (nSPS) is 10.3. The predicted octanol–water partition coefficient (Wildman–Crippen LogP) is 3.79. The molecule has 3 nitrogen and oxygen atoms in total. The Bertz CT molecular complexity index is 573. The fourth-order valence-corrected chi connectivity index (χ4v) is 1.75. The maximum absolute atomic E-state index is 13.5. The highest BCUT2D eigenvalue weighted by Crippen LogP contribution is 2.15. The van der Waals surface area contributed by atoms with Gasteiger partial charge in [-0.05, 0) is 18.6 Å². The molecule has 0 unspecified atom stereocenters. The SMILES string of the molecule is CCCNc1cc(NCc2ccc(F)cc2F)ccn1. The third-order valence-electron chi connectivity index (χ3n) is 2.81. The molecule has 0 fully saturated rings. The summed E-state index contributed by atoms with van der Waals surface area (Å²) in [5.41, 5.74) is 1.26. The second-order valence-corrected chi connectivity index (χ2v) is 4.45. The van der Waals surface area contributed by atoms with Crippen molar-refractivity contribution in [1.82, 2.24) is 4.98 Å². The Balaban J connectivity index is 1.99. The third kappa shape index (κ3) is 3.91. The molecule has 0 saturated carbocycles. The van der Waals surface area contributed by atoms with Crippen LogP contribution in [0.5, 0.6) is 0 Å². The van der Waals surface area contributed by atoms with Crippen molar-refractivity contribution < 1.29 is 8.78 Å². The molecular weight excluding hydrogens is 260 g/mol. The van der Waals surface area contributed by atoms with Crippen LogP contribution in [0, 0.1) is 11.6 Å². The van der Waals surface area contributed by atoms with Crippen LogP contribution in [0.1, 0.15) is 18.9 Å². The van der Waals surface area contributed by atoms with Crippen LogP contribution in [0.3, 0.4) is 0 Å². The Morgan fingerprint density at radius 2 is 1.95 bits per heavy atom. The smallest absolute Gasteiger partial charge is 0.131 e. The molecule has 0 aliphatic rings. The average Bonchev–Trinajstić information content (AvgIpc) is 2.45. The highest BCUT2D eigenvalue weighted by molar-refractivity contribution is 5.52. The first-order chi connectivity index (χ1) is 9.69. The van der Waals surface area contributed by atoms with Crippen molar-refractivity contribution in [3.8, 4) is 0 Å². The summed E-state index contributed by atoms with van der Waals surface area (Å²) in [5, 5.41) is 6.27. The van der Waals surface area contributed by atoms with Crippen LogP contribution in [0.15, 0.2) is 36.5 Å². The lowest BCUT2D eigenvalue weighted by molar-refractivity contribution is 0.574. The molecule has 0 spiro atoms. The number of hydrogen-bond donors (Lipinski definition) is 2. The minimum Gasteiger partial charge on any atom is -0.381 e. The molecule has 2 rings (SSSR count). The minimum atomic E-state index is -0.568. The number of anilines is 2. The number of rotatable bonds is 6. The molecule has 0 aliphatic carbocycles. The van der Waals surface area contributed by atoms with Crippen molar-refractivity contribution in [2.45, 2.75) is 19.9 Å². The van der Waals surface area contributed by atoms with E-state index < -0.39 is 11.6 Å². The van der Waals surface area contributed by atoms with E-state index >= 15 is 0 Å². The monoisotopic (exact) mass is 277 g/mol. The van der Waals surface area contributed by atoms with Crippen LogP contribution in [0.2, 0.25) is 0 Å². The van der Waals surface area contributed by atoms with Crippen molar-refractivity contribution in [3.63, 3.8) is 0 Å². The van der Waals surface area contributed by atoms with Gasteiger partial charge in [0, 0.05) is 42.7 Å². The second kappa shape index (κ2) is 6.84. The quantitative estimate of drug-likeness (QED) is 0.843. The molecule has 0 aliphatic heterocycles. The van der Waals surface area contributed by atoms with Gasteiger partial charge in [0.25, 0.3) is 0 Å². The topological polar surface area (TPSA) is 37.0 Å².